The number of hydrogen-bond acceptors (Lipinski definition) is 2. The minimum atomic E-state index is 0.635. The summed E-state index contributed by atoms with van der Waals surface area (Å²) in [6, 6.07) is 19.1. The summed E-state index contributed by atoms with van der Waals surface area (Å²) in [5.41, 5.74) is 4.74. The number of nitriles is 1. The van der Waals surface area contributed by atoms with Gasteiger partial charge in [0, 0.05) is 0 Å². The molecule has 2 fully saturated rings. The Bertz CT molecular complexity index is 738. The predicted molar refractivity (Wildman–Crippen MR) is 97.7 cm³/mol. The van der Waals surface area contributed by atoms with Crippen molar-refractivity contribution < 1.29 is 0 Å². The first-order chi connectivity index (χ1) is 11.8. The van der Waals surface area contributed by atoms with Gasteiger partial charge in [-0.1, -0.05) is 36.4 Å². The predicted octanol–water partition coefficient (Wildman–Crippen LogP) is 4.81. The molecule has 1 saturated heterocycles. The number of hydrogen-bond donors (Lipinski definition) is 0. The number of benzene rings is 2. The Hall–Kier alpha value is -2.11. The van der Waals surface area contributed by atoms with Crippen LogP contribution in [-0.4, -0.2) is 24.5 Å². The standard InChI is InChI=1S/C22H24N2/c23-16-17-8-9-20(18-6-2-1-3-7-18)22(14-17)21-15-19(21)10-13-24-11-4-5-12-24/h1-3,6-9,14,19,21H,4-5,10-13,15H2/t19-,21-/m1/s1. The van der Waals surface area contributed by atoms with E-state index in [1.165, 1.54) is 62.0 Å². The van der Waals surface area contributed by atoms with Gasteiger partial charge in [0.25, 0.3) is 0 Å². The summed E-state index contributed by atoms with van der Waals surface area (Å²) in [6.07, 6.45) is 5.32. The van der Waals surface area contributed by atoms with Gasteiger partial charge in [-0.3, -0.25) is 0 Å². The molecule has 0 unspecified atom stereocenters. The first-order valence-electron chi connectivity index (χ1n) is 9.17. The lowest BCUT2D eigenvalue weighted by Crippen LogP contribution is -2.20. The Kier molecular flexibility index (Phi) is 4.36. The first-order valence-corrected chi connectivity index (χ1v) is 9.17. The van der Waals surface area contributed by atoms with Crippen LogP contribution in [-0.2, 0) is 0 Å². The molecule has 122 valence electrons. The van der Waals surface area contributed by atoms with E-state index in [1.54, 1.807) is 0 Å². The molecular formula is C22H24N2. The van der Waals surface area contributed by atoms with Crippen molar-refractivity contribution >= 4 is 0 Å². The monoisotopic (exact) mass is 316 g/mol. The van der Waals surface area contributed by atoms with E-state index in [-0.39, 0.29) is 0 Å². The van der Waals surface area contributed by atoms with Crippen LogP contribution in [0.25, 0.3) is 11.1 Å². The molecule has 0 bridgehead atoms. The van der Waals surface area contributed by atoms with Crippen LogP contribution < -0.4 is 0 Å². The topological polar surface area (TPSA) is 27.0 Å². The van der Waals surface area contributed by atoms with Gasteiger partial charge < -0.3 is 4.90 Å². The van der Waals surface area contributed by atoms with Crippen molar-refractivity contribution in [1.82, 2.24) is 4.90 Å². The van der Waals surface area contributed by atoms with Crippen LogP contribution in [0.4, 0.5) is 0 Å². The lowest BCUT2D eigenvalue weighted by atomic mass is 9.94. The van der Waals surface area contributed by atoms with Crippen LogP contribution in [0.3, 0.4) is 0 Å². The molecule has 1 saturated carbocycles. The molecule has 0 aromatic heterocycles. The molecule has 2 atom stereocenters. The largest absolute Gasteiger partial charge is 0.303 e. The van der Waals surface area contributed by atoms with E-state index in [4.69, 9.17) is 0 Å². The molecule has 2 aromatic carbocycles. The van der Waals surface area contributed by atoms with E-state index in [0.717, 1.165) is 11.5 Å². The van der Waals surface area contributed by atoms with Crippen LogP contribution in [0.15, 0.2) is 48.5 Å². The van der Waals surface area contributed by atoms with Gasteiger partial charge in [-0.15, -0.1) is 0 Å². The van der Waals surface area contributed by atoms with Crippen molar-refractivity contribution in [2.75, 3.05) is 19.6 Å². The fourth-order valence-corrected chi connectivity index (χ4v) is 4.12. The second-order valence-electron chi connectivity index (χ2n) is 7.22. The zero-order valence-electron chi connectivity index (χ0n) is 14.1. The number of nitrogens with zero attached hydrogens (tertiary/aromatic N) is 2. The highest BCUT2D eigenvalue weighted by molar-refractivity contribution is 5.70. The quantitative estimate of drug-likeness (QED) is 0.791. The average molecular weight is 316 g/mol. The SMILES string of the molecule is N#Cc1ccc(-c2ccccc2)c([C@@H]2C[C@H]2CCN2CCCC2)c1. The second-order valence-corrected chi connectivity index (χ2v) is 7.22. The van der Waals surface area contributed by atoms with Gasteiger partial charge in [0.15, 0.2) is 0 Å². The minimum Gasteiger partial charge on any atom is -0.303 e. The molecule has 0 N–H and O–H groups in total. The summed E-state index contributed by atoms with van der Waals surface area (Å²) in [7, 11) is 0. The Balaban J connectivity index is 1.53. The molecule has 1 heterocycles. The zero-order valence-corrected chi connectivity index (χ0v) is 14.1. The maximum absolute atomic E-state index is 9.28. The van der Waals surface area contributed by atoms with Crippen molar-refractivity contribution in [1.29, 1.82) is 5.26 Å². The van der Waals surface area contributed by atoms with Gasteiger partial charge in [0.1, 0.15) is 0 Å². The smallest absolute Gasteiger partial charge is 0.0991 e. The molecule has 2 heteroatoms. The summed E-state index contributed by atoms with van der Waals surface area (Å²) >= 11 is 0. The lowest BCUT2D eigenvalue weighted by Gasteiger charge is -2.14. The Labute approximate surface area is 144 Å². The Morgan fingerprint density at radius 2 is 1.83 bits per heavy atom. The van der Waals surface area contributed by atoms with E-state index in [2.05, 4.69) is 53.4 Å². The van der Waals surface area contributed by atoms with Crippen LogP contribution in [0.1, 0.15) is 42.7 Å². The summed E-state index contributed by atoms with van der Waals surface area (Å²) < 4.78 is 0. The van der Waals surface area contributed by atoms with E-state index >= 15 is 0 Å². The van der Waals surface area contributed by atoms with Gasteiger partial charge >= 0.3 is 0 Å². The number of likely N-dealkylation sites (tertiary alicyclic amines) is 1. The van der Waals surface area contributed by atoms with Crippen LogP contribution in [0, 0.1) is 17.2 Å². The van der Waals surface area contributed by atoms with E-state index < -0.39 is 0 Å². The van der Waals surface area contributed by atoms with Crippen molar-refractivity contribution in [3.8, 4) is 17.2 Å². The highest BCUT2D eigenvalue weighted by Gasteiger charge is 2.39. The van der Waals surface area contributed by atoms with E-state index in [0.29, 0.717) is 5.92 Å². The van der Waals surface area contributed by atoms with Gasteiger partial charge in [0.05, 0.1) is 11.6 Å². The first kappa shape index (κ1) is 15.4. The third-order valence-electron chi connectivity index (χ3n) is 5.60. The molecule has 1 aliphatic carbocycles. The normalized spacial score (nSPS) is 23.1. The Morgan fingerprint density at radius 3 is 2.58 bits per heavy atom. The average Bonchev–Trinajstić information content (AvgIpc) is 3.23. The summed E-state index contributed by atoms with van der Waals surface area (Å²) in [5.74, 6) is 1.43. The molecule has 0 amide bonds. The van der Waals surface area contributed by atoms with E-state index in [1.807, 2.05) is 6.07 Å². The molecule has 2 aliphatic rings. The Morgan fingerprint density at radius 1 is 1.04 bits per heavy atom. The fraction of sp³-hybridized carbons (Fsp3) is 0.409. The van der Waals surface area contributed by atoms with Gasteiger partial charge in [0.2, 0.25) is 0 Å². The van der Waals surface area contributed by atoms with Crippen LogP contribution >= 0.6 is 0 Å². The van der Waals surface area contributed by atoms with Gasteiger partial charge in [-0.2, -0.15) is 5.26 Å². The zero-order chi connectivity index (χ0) is 16.4. The van der Waals surface area contributed by atoms with Gasteiger partial charge in [-0.25, -0.2) is 0 Å². The molecule has 1 aliphatic heterocycles. The summed E-state index contributed by atoms with van der Waals surface area (Å²) in [5, 5.41) is 9.28. The van der Waals surface area contributed by atoms with Crippen molar-refractivity contribution in [3.05, 3.63) is 59.7 Å². The van der Waals surface area contributed by atoms with Crippen molar-refractivity contribution in [2.45, 2.75) is 31.6 Å². The molecule has 0 spiro atoms. The summed E-state index contributed by atoms with van der Waals surface area (Å²) in [6.45, 7) is 3.83. The van der Waals surface area contributed by atoms with Crippen LogP contribution in [0.5, 0.6) is 0 Å². The van der Waals surface area contributed by atoms with E-state index in [9.17, 15) is 5.26 Å². The molecule has 0 radical (unpaired) electrons. The molecule has 4 rings (SSSR count). The minimum absolute atomic E-state index is 0.635. The number of rotatable bonds is 5. The summed E-state index contributed by atoms with van der Waals surface area (Å²) in [4.78, 5) is 2.61. The second kappa shape index (κ2) is 6.79. The molecule has 2 aromatic rings. The van der Waals surface area contributed by atoms with Crippen molar-refractivity contribution in [2.24, 2.45) is 5.92 Å². The molecular weight excluding hydrogens is 292 g/mol. The maximum atomic E-state index is 9.28. The third-order valence-corrected chi connectivity index (χ3v) is 5.60. The highest BCUT2D eigenvalue weighted by atomic mass is 15.1. The molecule has 2 nitrogen and oxygen atoms in total. The van der Waals surface area contributed by atoms with Crippen molar-refractivity contribution in [3.63, 3.8) is 0 Å². The lowest BCUT2D eigenvalue weighted by molar-refractivity contribution is 0.325. The highest BCUT2D eigenvalue weighted by Crippen LogP contribution is 2.52. The van der Waals surface area contributed by atoms with Gasteiger partial charge in [-0.05, 0) is 86.0 Å². The third kappa shape index (κ3) is 3.23. The van der Waals surface area contributed by atoms with Crippen LogP contribution in [0.2, 0.25) is 0 Å². The fourth-order valence-electron chi connectivity index (χ4n) is 4.12. The molecule has 24 heavy (non-hydrogen) atoms. The maximum Gasteiger partial charge on any atom is 0.0991 e.